The molecule has 96 valence electrons. The standard InChI is InChI=1S/C11H15F3N2S/c1-3-5-17-10-7-8(11(12,13)14)6-9(16-10)15-4-2/h6-7H,3-5H2,1-2H3,(H,15,16). The van der Waals surface area contributed by atoms with Gasteiger partial charge in [0.2, 0.25) is 0 Å². The van der Waals surface area contributed by atoms with Gasteiger partial charge < -0.3 is 5.32 Å². The molecule has 0 saturated carbocycles. The molecule has 1 aromatic heterocycles. The van der Waals surface area contributed by atoms with Gasteiger partial charge >= 0.3 is 6.18 Å². The van der Waals surface area contributed by atoms with E-state index in [1.807, 2.05) is 13.8 Å². The molecule has 1 heterocycles. The molecule has 17 heavy (non-hydrogen) atoms. The molecule has 6 heteroatoms. The summed E-state index contributed by atoms with van der Waals surface area (Å²) in [5.41, 5.74) is -0.651. The summed E-state index contributed by atoms with van der Waals surface area (Å²) >= 11 is 1.34. The monoisotopic (exact) mass is 264 g/mol. The summed E-state index contributed by atoms with van der Waals surface area (Å²) in [6, 6.07) is 2.14. The van der Waals surface area contributed by atoms with Crippen LogP contribution in [-0.2, 0) is 6.18 Å². The average molecular weight is 264 g/mol. The smallest absolute Gasteiger partial charge is 0.370 e. The molecule has 0 bridgehead atoms. The number of halogens is 3. The van der Waals surface area contributed by atoms with Gasteiger partial charge in [-0.1, -0.05) is 6.92 Å². The molecule has 0 atom stereocenters. The highest BCUT2D eigenvalue weighted by molar-refractivity contribution is 7.99. The molecule has 0 aliphatic rings. The number of nitrogens with one attached hydrogen (secondary N) is 1. The van der Waals surface area contributed by atoms with Crippen LogP contribution in [0.3, 0.4) is 0 Å². The van der Waals surface area contributed by atoms with Crippen molar-refractivity contribution in [3.8, 4) is 0 Å². The summed E-state index contributed by atoms with van der Waals surface area (Å²) in [7, 11) is 0. The molecule has 1 rings (SSSR count). The molecule has 1 aromatic rings. The van der Waals surface area contributed by atoms with Gasteiger partial charge in [-0.15, -0.1) is 11.8 Å². The fourth-order valence-electron chi connectivity index (χ4n) is 1.22. The number of aromatic nitrogens is 1. The van der Waals surface area contributed by atoms with Gasteiger partial charge in [0.25, 0.3) is 0 Å². The van der Waals surface area contributed by atoms with Crippen molar-refractivity contribution < 1.29 is 13.2 Å². The Kier molecular flexibility index (Phi) is 5.11. The number of hydrogen-bond acceptors (Lipinski definition) is 3. The van der Waals surface area contributed by atoms with Crippen molar-refractivity contribution >= 4 is 17.6 Å². The molecular weight excluding hydrogens is 249 g/mol. The first kappa shape index (κ1) is 14.2. The number of pyridine rings is 1. The molecular formula is C11H15F3N2S. The fraction of sp³-hybridized carbons (Fsp3) is 0.545. The number of hydrogen-bond donors (Lipinski definition) is 1. The Morgan fingerprint density at radius 2 is 2.00 bits per heavy atom. The van der Waals surface area contributed by atoms with Crippen LogP contribution < -0.4 is 5.32 Å². The highest BCUT2D eigenvalue weighted by Crippen LogP contribution is 2.33. The van der Waals surface area contributed by atoms with Crippen molar-refractivity contribution in [2.24, 2.45) is 0 Å². The fourth-order valence-corrected chi connectivity index (χ4v) is 2.01. The van der Waals surface area contributed by atoms with Gasteiger partial charge in [0.15, 0.2) is 0 Å². The second-order valence-electron chi connectivity index (χ2n) is 3.46. The van der Waals surface area contributed by atoms with Gasteiger partial charge in [-0.2, -0.15) is 13.2 Å². The van der Waals surface area contributed by atoms with E-state index in [4.69, 9.17) is 0 Å². The zero-order chi connectivity index (χ0) is 12.9. The van der Waals surface area contributed by atoms with Gasteiger partial charge in [0.1, 0.15) is 5.82 Å². The Labute approximate surface area is 103 Å². The lowest BCUT2D eigenvalue weighted by Gasteiger charge is -2.11. The van der Waals surface area contributed by atoms with Gasteiger partial charge in [-0.3, -0.25) is 0 Å². The Morgan fingerprint density at radius 3 is 2.53 bits per heavy atom. The normalized spacial score (nSPS) is 11.6. The summed E-state index contributed by atoms with van der Waals surface area (Å²) in [6.07, 6.45) is -3.42. The highest BCUT2D eigenvalue weighted by Gasteiger charge is 2.31. The maximum atomic E-state index is 12.6. The van der Waals surface area contributed by atoms with Gasteiger partial charge in [0.05, 0.1) is 10.6 Å². The third kappa shape index (κ3) is 4.46. The first-order valence-electron chi connectivity index (χ1n) is 5.43. The molecule has 0 aromatic carbocycles. The van der Waals surface area contributed by atoms with Crippen molar-refractivity contribution in [3.05, 3.63) is 17.7 Å². The molecule has 1 N–H and O–H groups in total. The largest absolute Gasteiger partial charge is 0.416 e. The summed E-state index contributed by atoms with van der Waals surface area (Å²) in [5, 5.41) is 3.23. The SMILES string of the molecule is CCCSc1cc(C(F)(F)F)cc(NCC)n1. The van der Waals surface area contributed by atoms with Crippen LogP contribution in [-0.4, -0.2) is 17.3 Å². The number of alkyl halides is 3. The van der Waals surface area contributed by atoms with E-state index >= 15 is 0 Å². The minimum absolute atomic E-state index is 0.279. The van der Waals surface area contributed by atoms with Crippen molar-refractivity contribution in [1.29, 1.82) is 0 Å². The predicted octanol–water partition coefficient (Wildman–Crippen LogP) is 4.03. The highest BCUT2D eigenvalue weighted by atomic mass is 32.2. The lowest BCUT2D eigenvalue weighted by Crippen LogP contribution is -2.08. The maximum Gasteiger partial charge on any atom is 0.416 e. The molecule has 0 aliphatic carbocycles. The van der Waals surface area contributed by atoms with Gasteiger partial charge in [-0.05, 0) is 31.2 Å². The number of nitrogens with zero attached hydrogens (tertiary/aromatic N) is 1. The van der Waals surface area contributed by atoms with Crippen molar-refractivity contribution in [3.63, 3.8) is 0 Å². The van der Waals surface area contributed by atoms with Crippen LogP contribution in [0.15, 0.2) is 17.2 Å². The molecule has 2 nitrogen and oxygen atoms in total. The van der Waals surface area contributed by atoms with Crippen LogP contribution in [0, 0.1) is 0 Å². The summed E-state index contributed by atoms with van der Waals surface area (Å²) in [6.45, 7) is 4.35. The van der Waals surface area contributed by atoms with Crippen LogP contribution in [0.5, 0.6) is 0 Å². The Bertz CT molecular complexity index is 366. The lowest BCUT2D eigenvalue weighted by atomic mass is 10.2. The van der Waals surface area contributed by atoms with E-state index < -0.39 is 11.7 Å². The predicted molar refractivity (Wildman–Crippen MR) is 64.4 cm³/mol. The summed E-state index contributed by atoms with van der Waals surface area (Å²) in [5.74, 6) is 1.04. The number of anilines is 1. The van der Waals surface area contributed by atoms with E-state index in [0.717, 1.165) is 24.3 Å². The van der Waals surface area contributed by atoms with Crippen molar-refractivity contribution in [2.75, 3.05) is 17.6 Å². The minimum Gasteiger partial charge on any atom is -0.370 e. The van der Waals surface area contributed by atoms with E-state index in [2.05, 4.69) is 10.3 Å². The molecule has 0 fully saturated rings. The van der Waals surface area contributed by atoms with Crippen LogP contribution in [0.4, 0.5) is 19.0 Å². The van der Waals surface area contributed by atoms with Gasteiger partial charge in [0, 0.05) is 6.54 Å². The second kappa shape index (κ2) is 6.14. The first-order valence-corrected chi connectivity index (χ1v) is 6.42. The zero-order valence-electron chi connectivity index (χ0n) is 9.77. The zero-order valence-corrected chi connectivity index (χ0v) is 10.6. The molecule has 0 spiro atoms. The molecule has 0 amide bonds. The topological polar surface area (TPSA) is 24.9 Å². The van der Waals surface area contributed by atoms with Crippen LogP contribution in [0.1, 0.15) is 25.8 Å². The van der Waals surface area contributed by atoms with Crippen LogP contribution in [0.2, 0.25) is 0 Å². The van der Waals surface area contributed by atoms with Gasteiger partial charge in [-0.25, -0.2) is 4.98 Å². The minimum atomic E-state index is -4.32. The van der Waals surface area contributed by atoms with E-state index in [1.165, 1.54) is 11.8 Å². The van der Waals surface area contributed by atoms with E-state index in [1.54, 1.807) is 0 Å². The Morgan fingerprint density at radius 1 is 1.29 bits per heavy atom. The maximum absolute atomic E-state index is 12.6. The molecule has 0 saturated heterocycles. The Hall–Kier alpha value is -0.910. The Balaban J connectivity index is 3.01. The average Bonchev–Trinajstić information content (AvgIpc) is 2.25. The van der Waals surface area contributed by atoms with E-state index in [-0.39, 0.29) is 5.82 Å². The summed E-state index contributed by atoms with van der Waals surface area (Å²) in [4.78, 5) is 4.13. The first-order chi connectivity index (χ1) is 7.97. The molecule has 0 aliphatic heterocycles. The van der Waals surface area contributed by atoms with Crippen LogP contribution in [0.25, 0.3) is 0 Å². The second-order valence-corrected chi connectivity index (χ2v) is 4.57. The van der Waals surface area contributed by atoms with E-state index in [0.29, 0.717) is 11.6 Å². The number of rotatable bonds is 5. The number of thioether (sulfide) groups is 1. The lowest BCUT2D eigenvalue weighted by molar-refractivity contribution is -0.137. The van der Waals surface area contributed by atoms with Crippen LogP contribution >= 0.6 is 11.8 Å². The molecule has 0 radical (unpaired) electrons. The summed E-state index contributed by atoms with van der Waals surface area (Å²) < 4.78 is 37.9. The van der Waals surface area contributed by atoms with Crippen molar-refractivity contribution in [1.82, 2.24) is 4.98 Å². The van der Waals surface area contributed by atoms with E-state index in [9.17, 15) is 13.2 Å². The third-order valence-corrected chi connectivity index (χ3v) is 3.06. The third-order valence-electron chi connectivity index (χ3n) is 1.94. The quantitative estimate of drug-likeness (QED) is 0.813. The van der Waals surface area contributed by atoms with Crippen molar-refractivity contribution in [2.45, 2.75) is 31.5 Å². The molecule has 0 unspecified atom stereocenters.